The number of benzene rings is 1. The summed E-state index contributed by atoms with van der Waals surface area (Å²) in [4.78, 5) is 11.6. The molecule has 1 aromatic carbocycles. The highest BCUT2D eigenvalue weighted by Crippen LogP contribution is 2.15. The van der Waals surface area contributed by atoms with Gasteiger partial charge in [0.2, 0.25) is 0 Å². The van der Waals surface area contributed by atoms with Crippen LogP contribution in [0.25, 0.3) is 17.2 Å². The maximum absolute atomic E-state index is 11.6. The molecule has 3 rings (SSSR count). The van der Waals surface area contributed by atoms with Gasteiger partial charge in [-0.1, -0.05) is 30.3 Å². The van der Waals surface area contributed by atoms with Crippen LogP contribution in [0.2, 0.25) is 0 Å². The third-order valence-electron chi connectivity index (χ3n) is 2.65. The van der Waals surface area contributed by atoms with E-state index in [1.54, 1.807) is 6.92 Å². The van der Waals surface area contributed by atoms with Crippen molar-refractivity contribution < 1.29 is 0 Å². The molecular weight excluding hydrogens is 232 g/mol. The molecule has 2 aromatic heterocycles. The molecule has 0 spiro atoms. The maximum atomic E-state index is 11.6. The summed E-state index contributed by atoms with van der Waals surface area (Å²) in [6, 6.07) is 9.46. The van der Waals surface area contributed by atoms with Crippen molar-refractivity contribution in [2.24, 2.45) is 0 Å². The normalized spacial score (nSPS) is 10.9. The Morgan fingerprint density at radius 2 is 1.89 bits per heavy atom. The smallest absolute Gasteiger partial charge is 0.295 e. The fourth-order valence-corrected chi connectivity index (χ4v) is 1.74. The van der Waals surface area contributed by atoms with E-state index in [1.165, 1.54) is 4.52 Å². The number of hydrogen-bond acceptors (Lipinski definition) is 5. The number of nitrogen functional groups attached to an aromatic ring is 1. The molecule has 7 heteroatoms. The van der Waals surface area contributed by atoms with Crippen LogP contribution in [-0.4, -0.2) is 24.5 Å². The van der Waals surface area contributed by atoms with Gasteiger partial charge >= 0.3 is 0 Å². The fraction of sp³-hybridized carbons (Fsp3) is 0.0909. The van der Waals surface area contributed by atoms with E-state index in [0.29, 0.717) is 11.5 Å². The molecule has 2 N–H and O–H groups in total. The van der Waals surface area contributed by atoms with E-state index >= 15 is 0 Å². The molecule has 0 atom stereocenters. The van der Waals surface area contributed by atoms with Crippen molar-refractivity contribution in [1.29, 1.82) is 0 Å². The second kappa shape index (κ2) is 3.66. The van der Waals surface area contributed by atoms with Crippen LogP contribution in [0.3, 0.4) is 0 Å². The standard InChI is InChI=1S/C11H10N6O/c1-7-10(18)16(12)11-14-13-9(17(11)15-7)8-5-3-2-4-6-8/h2-6H,12H2,1H3. The molecule has 0 bridgehead atoms. The quantitative estimate of drug-likeness (QED) is 0.605. The summed E-state index contributed by atoms with van der Waals surface area (Å²) in [5, 5.41) is 12.1. The van der Waals surface area contributed by atoms with Gasteiger partial charge in [0.05, 0.1) is 0 Å². The number of aromatic nitrogens is 5. The van der Waals surface area contributed by atoms with Crippen LogP contribution >= 0.6 is 0 Å². The zero-order chi connectivity index (χ0) is 12.7. The van der Waals surface area contributed by atoms with E-state index in [0.717, 1.165) is 10.2 Å². The monoisotopic (exact) mass is 242 g/mol. The molecule has 0 aliphatic rings. The third-order valence-corrected chi connectivity index (χ3v) is 2.65. The molecule has 3 aromatic rings. The predicted molar refractivity (Wildman–Crippen MR) is 65.4 cm³/mol. The molecule has 0 unspecified atom stereocenters. The number of hydrogen-bond donors (Lipinski definition) is 1. The highest BCUT2D eigenvalue weighted by atomic mass is 16.1. The molecule has 0 fully saturated rings. The summed E-state index contributed by atoms with van der Waals surface area (Å²) >= 11 is 0. The number of aryl methyl sites for hydroxylation is 1. The second-order valence-electron chi connectivity index (χ2n) is 3.86. The molecule has 0 aliphatic carbocycles. The first-order valence-electron chi connectivity index (χ1n) is 5.34. The molecule has 0 radical (unpaired) electrons. The van der Waals surface area contributed by atoms with Gasteiger partial charge in [0.25, 0.3) is 11.3 Å². The molecule has 2 heterocycles. The van der Waals surface area contributed by atoms with Crippen molar-refractivity contribution in [1.82, 2.24) is 24.5 Å². The van der Waals surface area contributed by atoms with Crippen LogP contribution in [0, 0.1) is 6.92 Å². The van der Waals surface area contributed by atoms with Crippen LogP contribution in [0.15, 0.2) is 35.1 Å². The number of rotatable bonds is 1. The Labute approximate surface area is 101 Å². The lowest BCUT2D eigenvalue weighted by Crippen LogP contribution is -2.32. The highest BCUT2D eigenvalue weighted by Gasteiger charge is 2.13. The molecule has 90 valence electrons. The lowest BCUT2D eigenvalue weighted by atomic mass is 10.2. The van der Waals surface area contributed by atoms with Gasteiger partial charge < -0.3 is 5.84 Å². The zero-order valence-corrected chi connectivity index (χ0v) is 9.61. The maximum Gasteiger partial charge on any atom is 0.295 e. The van der Waals surface area contributed by atoms with Gasteiger partial charge in [-0.3, -0.25) is 4.79 Å². The minimum atomic E-state index is -0.380. The average Bonchev–Trinajstić information content (AvgIpc) is 2.81. The molecular formula is C11H10N6O. The van der Waals surface area contributed by atoms with E-state index in [9.17, 15) is 4.79 Å². The van der Waals surface area contributed by atoms with Gasteiger partial charge in [-0.2, -0.15) is 14.3 Å². The summed E-state index contributed by atoms with van der Waals surface area (Å²) in [5.41, 5.74) is 0.770. The lowest BCUT2D eigenvalue weighted by molar-refractivity contribution is 0.786. The summed E-state index contributed by atoms with van der Waals surface area (Å²) in [6.07, 6.45) is 0. The van der Waals surface area contributed by atoms with Crippen molar-refractivity contribution in [3.05, 3.63) is 46.4 Å². The topological polar surface area (TPSA) is 91.1 Å². The second-order valence-corrected chi connectivity index (χ2v) is 3.86. The number of nitrogens with two attached hydrogens (primary N) is 1. The zero-order valence-electron chi connectivity index (χ0n) is 9.61. The van der Waals surface area contributed by atoms with Crippen molar-refractivity contribution in [3.63, 3.8) is 0 Å². The predicted octanol–water partition coefficient (Wildman–Crippen LogP) is -0.0248. The van der Waals surface area contributed by atoms with Crippen LogP contribution in [-0.2, 0) is 0 Å². The molecule has 7 nitrogen and oxygen atoms in total. The summed E-state index contributed by atoms with van der Waals surface area (Å²) in [7, 11) is 0. The Morgan fingerprint density at radius 3 is 2.61 bits per heavy atom. The van der Waals surface area contributed by atoms with Crippen LogP contribution < -0.4 is 11.4 Å². The summed E-state index contributed by atoms with van der Waals surface area (Å²) in [6.45, 7) is 1.60. The Morgan fingerprint density at radius 1 is 1.17 bits per heavy atom. The first-order chi connectivity index (χ1) is 8.68. The van der Waals surface area contributed by atoms with E-state index in [-0.39, 0.29) is 11.3 Å². The van der Waals surface area contributed by atoms with Crippen LogP contribution in [0.4, 0.5) is 0 Å². The van der Waals surface area contributed by atoms with E-state index in [1.807, 2.05) is 30.3 Å². The first-order valence-corrected chi connectivity index (χ1v) is 5.34. The Balaban J connectivity index is 2.37. The van der Waals surface area contributed by atoms with Crippen molar-refractivity contribution in [2.45, 2.75) is 6.92 Å². The van der Waals surface area contributed by atoms with Crippen molar-refractivity contribution in [2.75, 3.05) is 5.84 Å². The largest absolute Gasteiger partial charge is 0.333 e. The van der Waals surface area contributed by atoms with Crippen molar-refractivity contribution in [3.8, 4) is 11.4 Å². The minimum Gasteiger partial charge on any atom is -0.333 e. The van der Waals surface area contributed by atoms with E-state index in [2.05, 4.69) is 15.3 Å². The van der Waals surface area contributed by atoms with Gasteiger partial charge in [0.1, 0.15) is 5.69 Å². The third kappa shape index (κ3) is 1.37. The lowest BCUT2D eigenvalue weighted by Gasteiger charge is -2.02. The van der Waals surface area contributed by atoms with Crippen molar-refractivity contribution >= 4 is 5.78 Å². The Hall–Kier alpha value is -2.70. The Kier molecular flexibility index (Phi) is 2.12. The van der Waals surface area contributed by atoms with E-state index < -0.39 is 0 Å². The van der Waals surface area contributed by atoms with Crippen LogP contribution in [0.5, 0.6) is 0 Å². The fourth-order valence-electron chi connectivity index (χ4n) is 1.74. The van der Waals surface area contributed by atoms with Gasteiger partial charge in [-0.25, -0.2) is 0 Å². The van der Waals surface area contributed by atoms with Crippen LogP contribution in [0.1, 0.15) is 5.69 Å². The molecule has 18 heavy (non-hydrogen) atoms. The number of nitrogens with zero attached hydrogens (tertiary/aromatic N) is 5. The number of fused-ring (bicyclic) bond motifs is 1. The van der Waals surface area contributed by atoms with Gasteiger partial charge in [0, 0.05) is 5.56 Å². The Bertz CT molecular complexity index is 773. The molecule has 0 saturated carbocycles. The summed E-state index contributed by atoms with van der Waals surface area (Å²) < 4.78 is 2.41. The summed E-state index contributed by atoms with van der Waals surface area (Å²) in [5.74, 6) is 6.41. The highest BCUT2D eigenvalue weighted by molar-refractivity contribution is 5.57. The van der Waals surface area contributed by atoms with Gasteiger partial charge in [0.15, 0.2) is 5.82 Å². The molecule has 0 amide bonds. The molecule has 0 aliphatic heterocycles. The molecule has 0 saturated heterocycles. The average molecular weight is 242 g/mol. The minimum absolute atomic E-state index is 0.212. The SMILES string of the molecule is Cc1nn2c(-c3ccccc3)nnc2n(N)c1=O. The van der Waals surface area contributed by atoms with E-state index in [4.69, 9.17) is 5.84 Å². The van der Waals surface area contributed by atoms with Gasteiger partial charge in [-0.15, -0.1) is 10.2 Å². The first kappa shape index (κ1) is 10.5. The van der Waals surface area contributed by atoms with Gasteiger partial charge in [-0.05, 0) is 6.92 Å².